The predicted octanol–water partition coefficient (Wildman–Crippen LogP) is 10.00. The zero-order valence-corrected chi connectivity index (χ0v) is 30.9. The van der Waals surface area contributed by atoms with Crippen molar-refractivity contribution in [2.75, 3.05) is 0 Å². The van der Waals surface area contributed by atoms with Crippen LogP contribution in [0.4, 0.5) is 13.2 Å². The van der Waals surface area contributed by atoms with Gasteiger partial charge in [0.2, 0.25) is 0 Å². The van der Waals surface area contributed by atoms with E-state index in [0.717, 1.165) is 44.3 Å². The van der Waals surface area contributed by atoms with Crippen molar-refractivity contribution in [2.24, 2.45) is 0 Å². The molecule has 0 radical (unpaired) electrons. The van der Waals surface area contributed by atoms with Gasteiger partial charge in [0.15, 0.2) is 12.9 Å². The maximum atomic E-state index is 16.6. The minimum absolute atomic E-state index is 0.122. The second-order valence-electron chi connectivity index (χ2n) is 13.5. The van der Waals surface area contributed by atoms with Gasteiger partial charge in [-0.2, -0.15) is 21.6 Å². The molecule has 0 aliphatic heterocycles. The fourth-order valence-corrected chi connectivity index (χ4v) is 10.9. The summed E-state index contributed by atoms with van der Waals surface area (Å²) in [7, 11) is -9.95. The van der Waals surface area contributed by atoms with Crippen LogP contribution in [0.1, 0.15) is 44.5 Å². The molecule has 6 aromatic carbocycles. The number of hydrogen-bond acceptors (Lipinski definition) is 4. The lowest BCUT2D eigenvalue weighted by molar-refractivity contribution is -0.0499. The summed E-state index contributed by atoms with van der Waals surface area (Å²) in [5, 5.41) is 4.08. The lowest BCUT2D eigenvalue weighted by Gasteiger charge is -2.28. The van der Waals surface area contributed by atoms with E-state index in [9.17, 15) is 21.6 Å². The SMILES string of the molecule is Cc1cc(C)cc(P(=O)(c2cc(C)cc(C)c2)c2cc(C)c3cc(C)ccc3c2-c2c(OS(=O)(=O)C(F)(F)F)cc(C)c3cc(C)ccc23)c1. The number of aryl methyl sites for hydroxylation is 8. The molecule has 0 aliphatic rings. The van der Waals surface area contributed by atoms with Crippen molar-refractivity contribution < 1.29 is 30.3 Å². The average Bonchev–Trinajstić information content (AvgIpc) is 3.00. The molecule has 0 spiro atoms. The highest BCUT2D eigenvalue weighted by molar-refractivity contribution is 7.88. The van der Waals surface area contributed by atoms with Crippen molar-refractivity contribution in [3.05, 3.63) is 129 Å². The molecule has 0 unspecified atom stereocenters. The van der Waals surface area contributed by atoms with Crippen LogP contribution in [0.5, 0.6) is 5.75 Å². The van der Waals surface area contributed by atoms with Crippen LogP contribution < -0.4 is 20.1 Å². The van der Waals surface area contributed by atoms with Crippen LogP contribution in [0.15, 0.2) is 84.9 Å². The molecular weight excluding hydrogens is 676 g/mol. The number of fused-ring (bicyclic) bond motifs is 2. The number of hydrogen-bond donors (Lipinski definition) is 0. The summed E-state index contributed by atoms with van der Waals surface area (Å²) < 4.78 is 89.1. The van der Waals surface area contributed by atoms with E-state index in [1.54, 1.807) is 13.0 Å². The molecule has 0 amide bonds. The summed E-state index contributed by atoms with van der Waals surface area (Å²) in [5.74, 6) is -0.490. The van der Waals surface area contributed by atoms with Gasteiger partial charge >= 0.3 is 15.6 Å². The Labute approximate surface area is 291 Å². The molecule has 0 saturated carbocycles. The predicted molar refractivity (Wildman–Crippen MR) is 200 cm³/mol. The van der Waals surface area contributed by atoms with Gasteiger partial charge in [-0.1, -0.05) is 81.9 Å². The molecule has 0 aromatic heterocycles. The van der Waals surface area contributed by atoms with Gasteiger partial charge in [0.25, 0.3) is 0 Å². The molecule has 0 saturated heterocycles. The van der Waals surface area contributed by atoms with Crippen LogP contribution in [0, 0.1) is 55.4 Å². The fourth-order valence-electron chi connectivity index (χ4n) is 7.07. The molecule has 0 fully saturated rings. The number of rotatable bonds is 6. The molecule has 0 N–H and O–H groups in total. The highest BCUT2D eigenvalue weighted by Crippen LogP contribution is 2.52. The van der Waals surface area contributed by atoms with E-state index < -0.39 is 28.5 Å². The van der Waals surface area contributed by atoms with Gasteiger partial charge in [-0.25, -0.2) is 0 Å². The Hall–Kier alpha value is -4.39. The Morgan fingerprint density at radius 2 is 0.940 bits per heavy atom. The Bertz CT molecular complexity index is 2440. The van der Waals surface area contributed by atoms with Crippen LogP contribution in [0.2, 0.25) is 0 Å². The summed E-state index contributed by atoms with van der Waals surface area (Å²) in [6.07, 6.45) is 0. The highest BCUT2D eigenvalue weighted by Gasteiger charge is 2.49. The van der Waals surface area contributed by atoms with Gasteiger partial charge in [-0.3, -0.25) is 0 Å². The molecular formula is C41H38F3O4PS. The van der Waals surface area contributed by atoms with Gasteiger partial charge in [-0.05, 0) is 124 Å². The van der Waals surface area contributed by atoms with E-state index in [-0.39, 0.29) is 5.56 Å². The second kappa shape index (κ2) is 12.4. The van der Waals surface area contributed by atoms with Gasteiger partial charge in [0.1, 0.15) is 0 Å². The maximum absolute atomic E-state index is 16.6. The standard InChI is InChI=1S/C41H38F3O4PS/c1-23-9-11-33-35(19-23)29(7)21-37(48-50(46,47)41(42,43)44)39(33)40-34-12-10-24(2)20-36(34)30(8)22-38(40)49(45,31-15-25(3)13-26(4)16-31)32-17-27(5)14-28(6)18-32/h9-22H,1-8H3. The Morgan fingerprint density at radius 1 is 0.520 bits per heavy atom. The van der Waals surface area contributed by atoms with E-state index in [1.807, 2.05) is 121 Å². The molecule has 0 bridgehead atoms. The monoisotopic (exact) mass is 714 g/mol. The minimum atomic E-state index is -6.09. The van der Waals surface area contributed by atoms with Gasteiger partial charge in [0.05, 0.1) is 0 Å². The molecule has 0 heterocycles. The molecule has 6 rings (SSSR count). The Kier molecular flexibility index (Phi) is 8.81. The zero-order chi connectivity index (χ0) is 36.5. The third-order valence-electron chi connectivity index (χ3n) is 9.15. The average molecular weight is 715 g/mol. The summed E-state index contributed by atoms with van der Waals surface area (Å²) in [6, 6.07) is 26.0. The lowest BCUT2D eigenvalue weighted by atomic mass is 9.89. The summed E-state index contributed by atoms with van der Waals surface area (Å²) in [4.78, 5) is 0. The minimum Gasteiger partial charge on any atom is -0.375 e. The first kappa shape index (κ1) is 35.4. The van der Waals surface area contributed by atoms with Crippen molar-refractivity contribution in [2.45, 2.75) is 60.9 Å². The van der Waals surface area contributed by atoms with Crippen LogP contribution in [-0.4, -0.2) is 13.9 Å². The van der Waals surface area contributed by atoms with Crippen LogP contribution in [0.25, 0.3) is 32.7 Å². The lowest BCUT2D eigenvalue weighted by Crippen LogP contribution is -2.29. The van der Waals surface area contributed by atoms with E-state index >= 15 is 4.57 Å². The molecule has 0 aliphatic carbocycles. The Morgan fingerprint density at radius 3 is 1.38 bits per heavy atom. The van der Waals surface area contributed by atoms with Crippen molar-refractivity contribution in [3.8, 4) is 16.9 Å². The van der Waals surface area contributed by atoms with E-state index in [2.05, 4.69) is 0 Å². The number of halogens is 3. The first-order chi connectivity index (χ1) is 23.3. The van der Waals surface area contributed by atoms with E-state index in [0.29, 0.717) is 43.2 Å². The molecule has 50 heavy (non-hydrogen) atoms. The third kappa shape index (κ3) is 6.13. The number of alkyl halides is 3. The summed E-state index contributed by atoms with van der Waals surface area (Å²) >= 11 is 0. The third-order valence-corrected chi connectivity index (χ3v) is 13.1. The normalized spacial score (nSPS) is 12.5. The highest BCUT2D eigenvalue weighted by atomic mass is 32.2. The first-order valence-electron chi connectivity index (χ1n) is 16.2. The topological polar surface area (TPSA) is 60.4 Å². The van der Waals surface area contributed by atoms with E-state index in [1.165, 1.54) is 6.07 Å². The molecule has 0 atom stereocenters. The van der Waals surface area contributed by atoms with Crippen molar-refractivity contribution in [1.29, 1.82) is 0 Å². The van der Waals surface area contributed by atoms with Gasteiger partial charge in [-0.15, -0.1) is 0 Å². The van der Waals surface area contributed by atoms with Crippen LogP contribution in [0.3, 0.4) is 0 Å². The van der Waals surface area contributed by atoms with Gasteiger partial charge in [0, 0.05) is 27.0 Å². The molecule has 4 nitrogen and oxygen atoms in total. The van der Waals surface area contributed by atoms with Crippen molar-refractivity contribution in [3.63, 3.8) is 0 Å². The quantitative estimate of drug-likeness (QED) is 0.0979. The van der Waals surface area contributed by atoms with Gasteiger partial charge < -0.3 is 8.75 Å². The summed E-state index contributed by atoms with van der Waals surface area (Å²) in [5.41, 5.74) is 1.59. The first-order valence-corrected chi connectivity index (χ1v) is 19.3. The largest absolute Gasteiger partial charge is 0.534 e. The fraction of sp³-hybridized carbons (Fsp3) is 0.220. The van der Waals surface area contributed by atoms with Crippen LogP contribution >= 0.6 is 7.14 Å². The van der Waals surface area contributed by atoms with E-state index in [4.69, 9.17) is 4.18 Å². The smallest absolute Gasteiger partial charge is 0.375 e. The maximum Gasteiger partial charge on any atom is 0.534 e. The summed E-state index contributed by atoms with van der Waals surface area (Å²) in [6.45, 7) is 15.2. The van der Waals surface area contributed by atoms with Crippen molar-refractivity contribution >= 4 is 54.7 Å². The Balaban J connectivity index is 1.91. The molecule has 258 valence electrons. The van der Waals surface area contributed by atoms with Crippen LogP contribution in [-0.2, 0) is 14.7 Å². The second-order valence-corrected chi connectivity index (χ2v) is 17.8. The molecule has 6 aromatic rings. The molecule has 9 heteroatoms. The number of benzene rings is 6. The van der Waals surface area contributed by atoms with Crippen molar-refractivity contribution in [1.82, 2.24) is 0 Å². The zero-order valence-electron chi connectivity index (χ0n) is 29.2.